The molecular formula is C30H38N6O3. The molecule has 0 aliphatic carbocycles. The van der Waals surface area contributed by atoms with E-state index in [0.29, 0.717) is 31.1 Å². The number of likely N-dealkylation sites (N-methyl/N-ethyl adjacent to an activating group) is 1. The van der Waals surface area contributed by atoms with Gasteiger partial charge < -0.3 is 19.7 Å². The molecular weight excluding hydrogens is 492 g/mol. The second-order valence-corrected chi connectivity index (χ2v) is 10.0. The largest absolute Gasteiger partial charge is 0.492 e. The number of nitrogens with zero attached hydrogens (tertiary/aromatic N) is 5. The van der Waals surface area contributed by atoms with Crippen molar-refractivity contribution >= 4 is 5.91 Å². The molecule has 2 aromatic carbocycles. The summed E-state index contributed by atoms with van der Waals surface area (Å²) in [5.74, 6) is 0.542. The summed E-state index contributed by atoms with van der Waals surface area (Å²) in [4.78, 5) is 15.4. The van der Waals surface area contributed by atoms with Gasteiger partial charge >= 0.3 is 0 Å². The molecule has 4 rings (SSSR count). The number of nitrogens with one attached hydrogen (secondary N) is 1. The van der Waals surface area contributed by atoms with E-state index in [1.165, 1.54) is 0 Å². The molecule has 0 aliphatic rings. The molecule has 0 radical (unpaired) electrons. The zero-order valence-electron chi connectivity index (χ0n) is 23.6. The number of hydrogen-bond donors (Lipinski definition) is 1. The Hall–Kier alpha value is -3.95. The smallest absolute Gasteiger partial charge is 0.252 e. The van der Waals surface area contributed by atoms with Crippen molar-refractivity contribution < 1.29 is 14.3 Å². The number of ether oxygens (including phenoxy) is 2. The first-order valence-electron chi connectivity index (χ1n) is 13.1. The van der Waals surface area contributed by atoms with Gasteiger partial charge in [0.2, 0.25) is 0 Å². The molecule has 9 heteroatoms. The van der Waals surface area contributed by atoms with Gasteiger partial charge in [0.05, 0.1) is 31.1 Å². The second-order valence-electron chi connectivity index (χ2n) is 10.0. The molecule has 0 fully saturated rings. The van der Waals surface area contributed by atoms with Crippen LogP contribution >= 0.6 is 0 Å². The molecule has 0 saturated heterocycles. The predicted molar refractivity (Wildman–Crippen MR) is 153 cm³/mol. The lowest BCUT2D eigenvalue weighted by Gasteiger charge is -2.18. The molecule has 1 atom stereocenters. The van der Waals surface area contributed by atoms with Crippen LogP contribution in [0, 0.1) is 6.92 Å². The van der Waals surface area contributed by atoms with E-state index in [1.807, 2.05) is 82.5 Å². The van der Waals surface area contributed by atoms with Crippen molar-refractivity contribution in [1.82, 2.24) is 29.8 Å². The van der Waals surface area contributed by atoms with E-state index in [4.69, 9.17) is 9.47 Å². The van der Waals surface area contributed by atoms with E-state index < -0.39 is 0 Å². The molecule has 0 bridgehead atoms. The van der Waals surface area contributed by atoms with Crippen molar-refractivity contribution in [3.05, 3.63) is 77.7 Å². The Balaban J connectivity index is 1.59. The minimum atomic E-state index is -0.249. The quantitative estimate of drug-likeness (QED) is 0.293. The van der Waals surface area contributed by atoms with Crippen LogP contribution in [-0.2, 0) is 18.3 Å². The number of methoxy groups -OCH3 is 1. The molecule has 0 aliphatic heterocycles. The maximum Gasteiger partial charge on any atom is 0.252 e. The highest BCUT2D eigenvalue weighted by molar-refractivity contribution is 5.96. The van der Waals surface area contributed by atoms with Crippen molar-refractivity contribution in [1.29, 1.82) is 0 Å². The molecule has 9 nitrogen and oxygen atoms in total. The van der Waals surface area contributed by atoms with Gasteiger partial charge in [0.25, 0.3) is 5.91 Å². The lowest BCUT2D eigenvalue weighted by Crippen LogP contribution is -2.27. The van der Waals surface area contributed by atoms with Crippen LogP contribution in [0.2, 0.25) is 0 Å². The zero-order chi connectivity index (χ0) is 27.9. The number of aromatic nitrogens is 4. The molecule has 4 aromatic rings. The summed E-state index contributed by atoms with van der Waals surface area (Å²) in [6.45, 7) is 6.54. The zero-order valence-corrected chi connectivity index (χ0v) is 23.6. The molecule has 206 valence electrons. The summed E-state index contributed by atoms with van der Waals surface area (Å²) < 4.78 is 14.7. The maximum absolute atomic E-state index is 13.4. The van der Waals surface area contributed by atoms with E-state index in [1.54, 1.807) is 11.8 Å². The Labute approximate surface area is 230 Å². The third-order valence-electron chi connectivity index (χ3n) is 6.56. The van der Waals surface area contributed by atoms with Gasteiger partial charge in [-0.15, -0.1) is 0 Å². The Morgan fingerprint density at radius 2 is 1.87 bits per heavy atom. The first kappa shape index (κ1) is 28.1. The highest BCUT2D eigenvalue weighted by atomic mass is 16.5. The number of amides is 1. The fourth-order valence-corrected chi connectivity index (χ4v) is 4.24. The lowest BCUT2D eigenvalue weighted by atomic mass is 9.96. The van der Waals surface area contributed by atoms with Gasteiger partial charge in [0, 0.05) is 49.8 Å². The summed E-state index contributed by atoms with van der Waals surface area (Å²) >= 11 is 0. The number of hydrogen-bond acceptors (Lipinski definition) is 6. The highest BCUT2D eigenvalue weighted by Crippen LogP contribution is 2.30. The minimum Gasteiger partial charge on any atom is -0.492 e. The standard InChI is InChI=1S/C30H38N6O3/c1-21-7-8-27(39-14-11-34(3)4)18-28(21)30(37)32-22(2)23-15-24(26-19-31-36(20-26)12-13-38-6)17-25(16-23)29-9-10-35(5)33-29/h7-10,15-20,22H,11-14H2,1-6H3,(H,32,37)/t22-/m1/s1. The van der Waals surface area contributed by atoms with E-state index >= 15 is 0 Å². The molecule has 0 unspecified atom stereocenters. The summed E-state index contributed by atoms with van der Waals surface area (Å²) in [6, 6.07) is 13.7. The van der Waals surface area contributed by atoms with Gasteiger partial charge in [-0.1, -0.05) is 6.07 Å². The summed E-state index contributed by atoms with van der Waals surface area (Å²) in [5, 5.41) is 12.3. The van der Waals surface area contributed by atoms with E-state index in [-0.39, 0.29) is 11.9 Å². The lowest BCUT2D eigenvalue weighted by molar-refractivity contribution is 0.0938. The molecule has 2 aromatic heterocycles. The average Bonchev–Trinajstić information content (AvgIpc) is 3.57. The molecule has 0 saturated carbocycles. The number of rotatable bonds is 12. The van der Waals surface area contributed by atoms with Crippen molar-refractivity contribution in [3.8, 4) is 28.1 Å². The maximum atomic E-state index is 13.4. The number of carbonyl (C=O) groups excluding carboxylic acids is 1. The van der Waals surface area contributed by atoms with E-state index in [0.717, 1.165) is 40.1 Å². The Morgan fingerprint density at radius 1 is 1.08 bits per heavy atom. The summed E-state index contributed by atoms with van der Waals surface area (Å²) in [5.41, 5.74) is 6.30. The van der Waals surface area contributed by atoms with Crippen LogP contribution in [0.1, 0.15) is 34.5 Å². The highest BCUT2D eigenvalue weighted by Gasteiger charge is 2.17. The average molecular weight is 531 g/mol. The third-order valence-corrected chi connectivity index (χ3v) is 6.56. The van der Waals surface area contributed by atoms with Crippen LogP contribution < -0.4 is 10.1 Å². The first-order chi connectivity index (χ1) is 18.7. The molecule has 1 amide bonds. The second kappa shape index (κ2) is 12.7. The normalized spacial score (nSPS) is 12.1. The molecule has 0 spiro atoms. The number of carbonyl (C=O) groups is 1. The van der Waals surface area contributed by atoms with Crippen molar-refractivity contribution in [2.75, 3.05) is 41.0 Å². The van der Waals surface area contributed by atoms with E-state index in [2.05, 4.69) is 38.6 Å². The van der Waals surface area contributed by atoms with Gasteiger partial charge in [-0.05, 0) is 81.0 Å². The van der Waals surface area contributed by atoms with Crippen molar-refractivity contribution in [2.24, 2.45) is 7.05 Å². The topological polar surface area (TPSA) is 86.4 Å². The van der Waals surface area contributed by atoms with Crippen LogP contribution in [0.3, 0.4) is 0 Å². The van der Waals surface area contributed by atoms with Crippen LogP contribution in [0.25, 0.3) is 22.4 Å². The van der Waals surface area contributed by atoms with Gasteiger partial charge in [0.15, 0.2) is 0 Å². The van der Waals surface area contributed by atoms with Crippen molar-refractivity contribution in [3.63, 3.8) is 0 Å². The predicted octanol–water partition coefficient (Wildman–Crippen LogP) is 4.34. The summed E-state index contributed by atoms with van der Waals surface area (Å²) in [6.07, 6.45) is 5.78. The van der Waals surface area contributed by atoms with Gasteiger partial charge in [-0.2, -0.15) is 10.2 Å². The molecule has 2 heterocycles. The third kappa shape index (κ3) is 7.34. The summed E-state index contributed by atoms with van der Waals surface area (Å²) in [7, 11) is 7.58. The van der Waals surface area contributed by atoms with Gasteiger partial charge in [0.1, 0.15) is 12.4 Å². The fourth-order valence-electron chi connectivity index (χ4n) is 4.24. The van der Waals surface area contributed by atoms with Gasteiger partial charge in [-0.3, -0.25) is 14.2 Å². The van der Waals surface area contributed by atoms with Gasteiger partial charge in [-0.25, -0.2) is 0 Å². The fraction of sp³-hybridized carbons (Fsp3) is 0.367. The molecule has 39 heavy (non-hydrogen) atoms. The molecule has 1 N–H and O–H groups in total. The van der Waals surface area contributed by atoms with Crippen LogP contribution in [-0.4, -0.2) is 71.3 Å². The van der Waals surface area contributed by atoms with Crippen LogP contribution in [0.5, 0.6) is 5.75 Å². The minimum absolute atomic E-state index is 0.143. The first-order valence-corrected chi connectivity index (χ1v) is 13.1. The van der Waals surface area contributed by atoms with Crippen LogP contribution in [0.4, 0.5) is 0 Å². The van der Waals surface area contributed by atoms with E-state index in [9.17, 15) is 4.79 Å². The Bertz CT molecular complexity index is 1410. The number of benzene rings is 2. The monoisotopic (exact) mass is 530 g/mol. The Kier molecular flexibility index (Phi) is 9.16. The van der Waals surface area contributed by atoms with Crippen LogP contribution in [0.15, 0.2) is 61.1 Å². The van der Waals surface area contributed by atoms with Crippen molar-refractivity contribution in [2.45, 2.75) is 26.4 Å². The SMILES string of the molecule is COCCn1cc(-c2cc(-c3ccn(C)n3)cc([C@@H](C)NC(=O)c3cc(OCCN(C)C)ccc3C)c2)cn1. The number of aryl methyl sites for hydroxylation is 2. The Morgan fingerprint density at radius 3 is 2.59 bits per heavy atom.